The van der Waals surface area contributed by atoms with Gasteiger partial charge in [0, 0.05) is 30.7 Å². The molecule has 0 aliphatic carbocycles. The summed E-state index contributed by atoms with van der Waals surface area (Å²) in [5.74, 6) is 0.761. The Morgan fingerprint density at radius 1 is 1.18 bits per heavy atom. The summed E-state index contributed by atoms with van der Waals surface area (Å²) in [4.78, 5) is 25.4. The monoisotopic (exact) mass is 470 g/mol. The SMILES string of the molecule is COc1ccc(CN2C(=O)CC[C@H]2CO[Si](C)(C)C(C)(C)C)cc1-c1cccc([N+](=O)[O-])c1. The van der Waals surface area contributed by atoms with Crippen LogP contribution in [0.3, 0.4) is 0 Å². The van der Waals surface area contributed by atoms with E-state index in [0.717, 1.165) is 17.5 Å². The van der Waals surface area contributed by atoms with Gasteiger partial charge in [-0.05, 0) is 47.8 Å². The smallest absolute Gasteiger partial charge is 0.270 e. The van der Waals surface area contributed by atoms with E-state index in [9.17, 15) is 14.9 Å². The third-order valence-electron chi connectivity index (χ3n) is 6.88. The number of hydrogen-bond acceptors (Lipinski definition) is 5. The lowest BCUT2D eigenvalue weighted by Crippen LogP contribution is -2.45. The summed E-state index contributed by atoms with van der Waals surface area (Å²) in [5.41, 5.74) is 2.44. The van der Waals surface area contributed by atoms with Crippen molar-refractivity contribution in [2.45, 2.75) is 64.3 Å². The summed E-state index contributed by atoms with van der Waals surface area (Å²) < 4.78 is 11.9. The molecule has 7 nitrogen and oxygen atoms in total. The van der Waals surface area contributed by atoms with Gasteiger partial charge < -0.3 is 14.1 Å². The molecule has 1 amide bonds. The van der Waals surface area contributed by atoms with E-state index in [1.54, 1.807) is 19.2 Å². The molecular weight excluding hydrogens is 436 g/mol. The van der Waals surface area contributed by atoms with Crippen LogP contribution in [-0.2, 0) is 15.8 Å². The number of non-ortho nitro benzene ring substituents is 1. The Bertz CT molecular complexity index is 1030. The Hall–Kier alpha value is -2.71. The van der Waals surface area contributed by atoms with Gasteiger partial charge in [-0.25, -0.2) is 0 Å². The van der Waals surface area contributed by atoms with E-state index in [1.165, 1.54) is 6.07 Å². The molecule has 1 atom stereocenters. The molecule has 1 saturated heterocycles. The van der Waals surface area contributed by atoms with E-state index in [-0.39, 0.29) is 22.7 Å². The van der Waals surface area contributed by atoms with Crippen molar-refractivity contribution in [1.82, 2.24) is 4.90 Å². The molecule has 178 valence electrons. The van der Waals surface area contributed by atoms with E-state index in [2.05, 4.69) is 33.9 Å². The predicted octanol–water partition coefficient (Wildman–Crippen LogP) is 5.78. The van der Waals surface area contributed by atoms with Crippen molar-refractivity contribution in [3.63, 3.8) is 0 Å². The van der Waals surface area contributed by atoms with E-state index in [0.29, 0.717) is 30.9 Å². The minimum Gasteiger partial charge on any atom is -0.496 e. The number of hydrogen-bond donors (Lipinski definition) is 0. The molecule has 3 rings (SSSR count). The molecule has 0 bridgehead atoms. The maximum Gasteiger partial charge on any atom is 0.270 e. The van der Waals surface area contributed by atoms with Crippen LogP contribution in [0.4, 0.5) is 5.69 Å². The molecule has 1 aliphatic heterocycles. The second-order valence-corrected chi connectivity index (χ2v) is 14.9. The van der Waals surface area contributed by atoms with Crippen molar-refractivity contribution in [2.75, 3.05) is 13.7 Å². The van der Waals surface area contributed by atoms with Crippen molar-refractivity contribution in [2.24, 2.45) is 0 Å². The lowest BCUT2D eigenvalue weighted by atomic mass is 10.0. The van der Waals surface area contributed by atoms with E-state index in [4.69, 9.17) is 9.16 Å². The Morgan fingerprint density at radius 3 is 2.55 bits per heavy atom. The minimum atomic E-state index is -1.91. The first kappa shape index (κ1) is 24.9. The molecule has 1 heterocycles. The maximum atomic E-state index is 12.7. The third-order valence-corrected chi connectivity index (χ3v) is 11.4. The van der Waals surface area contributed by atoms with E-state index >= 15 is 0 Å². The fourth-order valence-corrected chi connectivity index (χ4v) is 4.81. The Kier molecular flexibility index (Phi) is 7.28. The molecule has 0 spiro atoms. The lowest BCUT2D eigenvalue weighted by molar-refractivity contribution is -0.384. The normalized spacial score (nSPS) is 16.8. The number of carbonyl (C=O) groups is 1. The number of carbonyl (C=O) groups excluding carboxylic acids is 1. The molecule has 2 aromatic carbocycles. The summed E-state index contributed by atoms with van der Waals surface area (Å²) >= 11 is 0. The fourth-order valence-electron chi connectivity index (χ4n) is 3.77. The number of amides is 1. The molecular formula is C25H34N2O5Si. The highest BCUT2D eigenvalue weighted by atomic mass is 28.4. The number of benzene rings is 2. The zero-order valence-electron chi connectivity index (χ0n) is 20.4. The van der Waals surface area contributed by atoms with Crippen LogP contribution in [0.5, 0.6) is 5.75 Å². The van der Waals surface area contributed by atoms with Crippen LogP contribution in [0, 0.1) is 10.1 Å². The van der Waals surface area contributed by atoms with Crippen LogP contribution in [-0.4, -0.2) is 43.8 Å². The number of methoxy groups -OCH3 is 1. The first-order valence-corrected chi connectivity index (χ1v) is 14.2. The molecule has 0 radical (unpaired) electrons. The average molecular weight is 471 g/mol. The van der Waals surface area contributed by atoms with Crippen LogP contribution >= 0.6 is 0 Å². The van der Waals surface area contributed by atoms with E-state index in [1.807, 2.05) is 29.2 Å². The first-order chi connectivity index (χ1) is 15.4. The Morgan fingerprint density at radius 2 is 1.91 bits per heavy atom. The van der Waals surface area contributed by atoms with Crippen LogP contribution in [0.15, 0.2) is 42.5 Å². The number of nitro groups is 1. The summed E-state index contributed by atoms with van der Waals surface area (Å²) in [6.45, 7) is 12.1. The van der Waals surface area contributed by atoms with Gasteiger partial charge in [-0.3, -0.25) is 14.9 Å². The van der Waals surface area contributed by atoms with Gasteiger partial charge in [0.05, 0.1) is 24.7 Å². The van der Waals surface area contributed by atoms with Crippen molar-refractivity contribution < 1.29 is 18.9 Å². The zero-order chi connectivity index (χ0) is 24.4. The lowest BCUT2D eigenvalue weighted by Gasteiger charge is -2.38. The van der Waals surface area contributed by atoms with Crippen molar-refractivity contribution in [3.8, 4) is 16.9 Å². The van der Waals surface area contributed by atoms with Gasteiger partial charge in [0.2, 0.25) is 5.91 Å². The van der Waals surface area contributed by atoms with Gasteiger partial charge in [-0.1, -0.05) is 39.0 Å². The first-order valence-electron chi connectivity index (χ1n) is 11.3. The third kappa shape index (κ3) is 5.62. The topological polar surface area (TPSA) is 81.9 Å². The van der Waals surface area contributed by atoms with Gasteiger partial charge in [-0.2, -0.15) is 0 Å². The highest BCUT2D eigenvalue weighted by molar-refractivity contribution is 6.74. The molecule has 33 heavy (non-hydrogen) atoms. The number of nitrogens with zero attached hydrogens (tertiary/aromatic N) is 2. The number of likely N-dealkylation sites (tertiary alicyclic amines) is 1. The number of rotatable bonds is 8. The quantitative estimate of drug-likeness (QED) is 0.277. The van der Waals surface area contributed by atoms with Gasteiger partial charge in [0.15, 0.2) is 8.32 Å². The average Bonchev–Trinajstić information content (AvgIpc) is 3.11. The maximum absolute atomic E-state index is 12.7. The van der Waals surface area contributed by atoms with Crippen LogP contribution in [0.1, 0.15) is 39.2 Å². The predicted molar refractivity (Wildman–Crippen MR) is 132 cm³/mol. The molecule has 0 N–H and O–H groups in total. The van der Waals surface area contributed by atoms with Crippen molar-refractivity contribution in [3.05, 3.63) is 58.1 Å². The van der Waals surface area contributed by atoms with Gasteiger partial charge in [0.1, 0.15) is 5.75 Å². The number of nitro benzene ring substituents is 1. The minimum absolute atomic E-state index is 0.0255. The second-order valence-electron chi connectivity index (χ2n) is 10.1. The highest BCUT2D eigenvalue weighted by Crippen LogP contribution is 2.38. The Labute approximate surface area is 197 Å². The highest BCUT2D eigenvalue weighted by Gasteiger charge is 2.39. The molecule has 1 aliphatic rings. The molecule has 2 aromatic rings. The van der Waals surface area contributed by atoms with Crippen molar-refractivity contribution >= 4 is 19.9 Å². The van der Waals surface area contributed by atoms with Crippen LogP contribution in [0.25, 0.3) is 11.1 Å². The summed E-state index contributed by atoms with van der Waals surface area (Å²) in [7, 11) is -0.328. The fraction of sp³-hybridized carbons (Fsp3) is 0.480. The van der Waals surface area contributed by atoms with Gasteiger partial charge in [0.25, 0.3) is 5.69 Å². The van der Waals surface area contributed by atoms with Crippen LogP contribution in [0.2, 0.25) is 18.1 Å². The molecule has 0 saturated carbocycles. The van der Waals surface area contributed by atoms with Crippen LogP contribution < -0.4 is 4.74 Å². The van der Waals surface area contributed by atoms with Crippen molar-refractivity contribution in [1.29, 1.82) is 0 Å². The number of ether oxygens (including phenoxy) is 1. The zero-order valence-corrected chi connectivity index (χ0v) is 21.4. The largest absolute Gasteiger partial charge is 0.496 e. The summed E-state index contributed by atoms with van der Waals surface area (Å²) in [6, 6.07) is 12.3. The van der Waals surface area contributed by atoms with Gasteiger partial charge in [-0.15, -0.1) is 0 Å². The molecule has 8 heteroatoms. The van der Waals surface area contributed by atoms with Gasteiger partial charge >= 0.3 is 0 Å². The summed E-state index contributed by atoms with van der Waals surface area (Å²) in [5, 5.41) is 11.3. The molecule has 1 fully saturated rings. The molecule has 0 unspecified atom stereocenters. The standard InChI is InChI=1S/C25H34N2O5Si/c1-25(2,3)33(5,6)32-17-21-11-13-24(28)26(21)16-18-10-12-23(31-4)22(14-18)19-8-7-9-20(15-19)27(29)30/h7-10,12,14-15,21H,11,13,16-17H2,1-6H3/t21-/m0/s1. The molecule has 0 aromatic heterocycles. The van der Waals surface area contributed by atoms with E-state index < -0.39 is 13.2 Å². The second kappa shape index (κ2) is 9.65. The Balaban J connectivity index is 1.83. The summed E-state index contributed by atoms with van der Waals surface area (Å²) in [6.07, 6.45) is 1.32.